The molecule has 0 bridgehead atoms. The zero-order chi connectivity index (χ0) is 29.8. The smallest absolute Gasteiger partial charge is 0.416 e. The molecule has 3 N–H and O–H groups in total. The first kappa shape index (κ1) is 27.0. The van der Waals surface area contributed by atoms with Gasteiger partial charge >= 0.3 is 6.18 Å². The maximum absolute atomic E-state index is 15.6. The molecule has 210 valence electrons. The first-order chi connectivity index (χ1) is 20.0. The second-order valence-electron chi connectivity index (χ2n) is 9.09. The van der Waals surface area contributed by atoms with Gasteiger partial charge in [-0.25, -0.2) is 14.4 Å². The Balaban J connectivity index is 1.60. The molecule has 6 rings (SSSR count). The van der Waals surface area contributed by atoms with Crippen molar-refractivity contribution in [1.82, 2.24) is 19.5 Å². The van der Waals surface area contributed by atoms with E-state index in [1.165, 1.54) is 41.2 Å². The standard InChI is InChI=1S/C29H16ClF4N5O3/c30-18-13-15(29(32,33)34)4-5-20(18)39-24(23(26(35)41)25(40)17-2-1-9-38-28(17)39)14-3-6-22(19(31)12-14)42-21-8-11-37-27-16(21)7-10-36-27/h1-13H,(H2,35,41)(H,36,37). The van der Waals surface area contributed by atoms with Gasteiger partial charge in [0.05, 0.1) is 32.7 Å². The summed E-state index contributed by atoms with van der Waals surface area (Å²) in [5.74, 6) is -1.89. The molecule has 13 heteroatoms. The molecule has 0 saturated heterocycles. The zero-order valence-corrected chi connectivity index (χ0v) is 21.8. The number of amides is 1. The van der Waals surface area contributed by atoms with Gasteiger partial charge in [0.25, 0.3) is 5.91 Å². The Morgan fingerprint density at radius 2 is 1.79 bits per heavy atom. The number of hydrogen-bond acceptors (Lipinski definition) is 5. The minimum atomic E-state index is -4.69. The number of carbonyl (C=O) groups excluding carboxylic acids is 1. The molecular formula is C29H16ClF4N5O3. The Bertz CT molecular complexity index is 2110. The number of hydrogen-bond donors (Lipinski definition) is 2. The predicted octanol–water partition coefficient (Wildman–Crippen LogP) is 6.63. The number of alkyl halides is 3. The van der Waals surface area contributed by atoms with Gasteiger partial charge in [0.2, 0.25) is 5.43 Å². The first-order valence-corrected chi connectivity index (χ1v) is 12.5. The predicted molar refractivity (Wildman–Crippen MR) is 147 cm³/mol. The van der Waals surface area contributed by atoms with E-state index < -0.39 is 34.5 Å². The Labute approximate surface area is 238 Å². The molecule has 0 aliphatic heterocycles. The van der Waals surface area contributed by atoms with Crippen LogP contribution in [0.25, 0.3) is 39.0 Å². The van der Waals surface area contributed by atoms with E-state index in [1.807, 2.05) is 0 Å². The number of ether oxygens (including phenoxy) is 1. The summed E-state index contributed by atoms with van der Waals surface area (Å²) in [6.07, 6.45) is -0.214. The van der Waals surface area contributed by atoms with E-state index in [-0.39, 0.29) is 38.8 Å². The number of H-pyrrole nitrogens is 1. The van der Waals surface area contributed by atoms with Gasteiger partial charge in [-0.15, -0.1) is 0 Å². The number of benzene rings is 2. The van der Waals surface area contributed by atoms with Crippen LogP contribution in [0.5, 0.6) is 11.5 Å². The number of pyridine rings is 3. The van der Waals surface area contributed by atoms with Crippen molar-refractivity contribution in [3.05, 3.63) is 111 Å². The van der Waals surface area contributed by atoms with Gasteiger partial charge < -0.3 is 15.5 Å². The minimum Gasteiger partial charge on any atom is -0.453 e. The van der Waals surface area contributed by atoms with Crippen LogP contribution < -0.4 is 15.9 Å². The van der Waals surface area contributed by atoms with E-state index in [2.05, 4.69) is 15.0 Å². The van der Waals surface area contributed by atoms with Crippen LogP contribution in [-0.2, 0) is 6.18 Å². The van der Waals surface area contributed by atoms with E-state index in [4.69, 9.17) is 22.1 Å². The minimum absolute atomic E-state index is 0.0178. The third-order valence-electron chi connectivity index (χ3n) is 6.54. The summed E-state index contributed by atoms with van der Waals surface area (Å²) >= 11 is 6.34. The van der Waals surface area contributed by atoms with Crippen LogP contribution in [0.1, 0.15) is 15.9 Å². The second-order valence-corrected chi connectivity index (χ2v) is 9.49. The summed E-state index contributed by atoms with van der Waals surface area (Å²) in [5, 5.41) is 0.175. The number of aromatic amines is 1. The maximum atomic E-state index is 15.6. The lowest BCUT2D eigenvalue weighted by Gasteiger charge is -2.21. The number of nitrogens with one attached hydrogen (secondary N) is 1. The molecule has 4 aromatic heterocycles. The average Bonchev–Trinajstić information content (AvgIpc) is 3.44. The fourth-order valence-electron chi connectivity index (χ4n) is 4.69. The van der Waals surface area contributed by atoms with Gasteiger partial charge in [-0.2, -0.15) is 13.2 Å². The highest BCUT2D eigenvalue weighted by atomic mass is 35.5. The van der Waals surface area contributed by atoms with Crippen molar-refractivity contribution in [3.8, 4) is 28.4 Å². The Kier molecular flexibility index (Phi) is 6.42. The zero-order valence-electron chi connectivity index (χ0n) is 21.0. The highest BCUT2D eigenvalue weighted by Crippen LogP contribution is 2.38. The van der Waals surface area contributed by atoms with Crippen LogP contribution in [-0.4, -0.2) is 25.4 Å². The molecule has 1 amide bonds. The van der Waals surface area contributed by atoms with Gasteiger partial charge in [0, 0.05) is 24.2 Å². The van der Waals surface area contributed by atoms with Gasteiger partial charge in [-0.3, -0.25) is 14.2 Å². The number of carbonyl (C=O) groups is 1. The number of nitrogens with two attached hydrogens (primary N) is 1. The van der Waals surface area contributed by atoms with Crippen LogP contribution in [0, 0.1) is 5.82 Å². The highest BCUT2D eigenvalue weighted by molar-refractivity contribution is 6.32. The van der Waals surface area contributed by atoms with Gasteiger partial charge in [0.1, 0.15) is 22.6 Å². The monoisotopic (exact) mass is 593 g/mol. The van der Waals surface area contributed by atoms with Crippen molar-refractivity contribution in [2.75, 3.05) is 0 Å². The number of fused-ring (bicyclic) bond motifs is 2. The molecular weight excluding hydrogens is 578 g/mol. The molecule has 6 aromatic rings. The van der Waals surface area contributed by atoms with Crippen molar-refractivity contribution in [1.29, 1.82) is 0 Å². The average molecular weight is 594 g/mol. The Morgan fingerprint density at radius 1 is 0.976 bits per heavy atom. The van der Waals surface area contributed by atoms with Crippen LogP contribution in [0.4, 0.5) is 17.6 Å². The summed E-state index contributed by atoms with van der Waals surface area (Å²) in [7, 11) is 0. The van der Waals surface area contributed by atoms with Crippen molar-refractivity contribution in [2.45, 2.75) is 6.18 Å². The molecule has 42 heavy (non-hydrogen) atoms. The Morgan fingerprint density at radius 3 is 2.50 bits per heavy atom. The molecule has 0 saturated carbocycles. The lowest BCUT2D eigenvalue weighted by Crippen LogP contribution is -2.27. The molecule has 0 aliphatic rings. The first-order valence-electron chi connectivity index (χ1n) is 12.1. The van der Waals surface area contributed by atoms with E-state index in [0.29, 0.717) is 22.8 Å². The largest absolute Gasteiger partial charge is 0.453 e. The quantitative estimate of drug-likeness (QED) is 0.218. The van der Waals surface area contributed by atoms with Crippen LogP contribution in [0.3, 0.4) is 0 Å². The summed E-state index contributed by atoms with van der Waals surface area (Å²) < 4.78 is 62.7. The van der Waals surface area contributed by atoms with Crippen molar-refractivity contribution >= 4 is 39.6 Å². The van der Waals surface area contributed by atoms with E-state index in [1.54, 1.807) is 18.3 Å². The molecule has 2 aromatic carbocycles. The molecule has 0 atom stereocenters. The maximum Gasteiger partial charge on any atom is 0.416 e. The van der Waals surface area contributed by atoms with Crippen molar-refractivity contribution < 1.29 is 27.1 Å². The van der Waals surface area contributed by atoms with Gasteiger partial charge in [-0.05, 0) is 60.7 Å². The normalized spacial score (nSPS) is 11.7. The third kappa shape index (κ3) is 4.51. The lowest BCUT2D eigenvalue weighted by atomic mass is 10.0. The fourth-order valence-corrected chi connectivity index (χ4v) is 4.95. The van der Waals surface area contributed by atoms with Gasteiger partial charge in [0.15, 0.2) is 11.6 Å². The number of aromatic nitrogens is 4. The molecule has 4 heterocycles. The molecule has 0 aliphatic carbocycles. The van der Waals surface area contributed by atoms with E-state index in [9.17, 15) is 22.8 Å². The van der Waals surface area contributed by atoms with Crippen LogP contribution >= 0.6 is 11.6 Å². The summed E-state index contributed by atoms with van der Waals surface area (Å²) in [6.45, 7) is 0. The molecule has 0 unspecified atom stereocenters. The Hall–Kier alpha value is -5.23. The number of rotatable bonds is 5. The van der Waals surface area contributed by atoms with E-state index >= 15 is 4.39 Å². The van der Waals surface area contributed by atoms with E-state index in [0.717, 1.165) is 18.2 Å². The number of primary amides is 1. The molecule has 8 nitrogen and oxygen atoms in total. The lowest BCUT2D eigenvalue weighted by molar-refractivity contribution is -0.137. The third-order valence-corrected chi connectivity index (χ3v) is 6.84. The summed E-state index contributed by atoms with van der Waals surface area (Å²) in [6, 6.07) is 12.3. The highest BCUT2D eigenvalue weighted by Gasteiger charge is 2.32. The van der Waals surface area contributed by atoms with Crippen LogP contribution in [0.15, 0.2) is 84.0 Å². The molecule has 0 radical (unpaired) electrons. The molecule has 0 fully saturated rings. The topological polar surface area (TPSA) is 116 Å². The SMILES string of the molecule is NC(=O)c1c(-c2ccc(Oc3ccnc4[nH]ccc34)c(F)c2)n(-c2ccc(C(F)(F)F)cc2Cl)c2ncccc2c1=O. The molecule has 0 spiro atoms. The van der Waals surface area contributed by atoms with Crippen molar-refractivity contribution in [3.63, 3.8) is 0 Å². The summed E-state index contributed by atoms with van der Waals surface area (Å²) in [4.78, 5) is 37.5. The van der Waals surface area contributed by atoms with Crippen LogP contribution in [0.2, 0.25) is 5.02 Å². The number of halogens is 5. The van der Waals surface area contributed by atoms with Gasteiger partial charge in [-0.1, -0.05) is 11.6 Å². The second kappa shape index (κ2) is 10.00. The fraction of sp³-hybridized carbons (Fsp3) is 0.0345. The summed E-state index contributed by atoms with van der Waals surface area (Å²) in [5.41, 5.74) is 3.47. The van der Waals surface area contributed by atoms with Crippen molar-refractivity contribution in [2.24, 2.45) is 5.73 Å². The number of nitrogens with zero attached hydrogens (tertiary/aromatic N) is 3.